The Bertz CT molecular complexity index is 752. The van der Waals surface area contributed by atoms with Crippen LogP contribution in [0.25, 0.3) is 0 Å². The Morgan fingerprint density at radius 3 is 2.90 bits per heavy atom. The maximum absolute atomic E-state index is 8.80. The first-order chi connectivity index (χ1) is 10.3. The third kappa shape index (κ3) is 3.50. The first-order valence-electron chi connectivity index (χ1n) is 6.61. The van der Waals surface area contributed by atoms with Crippen LogP contribution in [0, 0.1) is 11.3 Å². The van der Waals surface area contributed by atoms with Gasteiger partial charge in [0.2, 0.25) is 0 Å². The lowest BCUT2D eigenvalue weighted by atomic mass is 10.2. The molecular weight excluding hydrogens is 280 g/mol. The molecule has 3 aromatic rings. The van der Waals surface area contributed by atoms with Crippen molar-refractivity contribution < 1.29 is 0 Å². The highest BCUT2D eigenvalue weighted by molar-refractivity contribution is 7.10. The molecule has 0 aliphatic rings. The largest absolute Gasteiger partial charge is 0.378 e. The Morgan fingerprint density at radius 2 is 2.14 bits per heavy atom. The van der Waals surface area contributed by atoms with E-state index in [0.29, 0.717) is 6.54 Å². The van der Waals surface area contributed by atoms with Gasteiger partial charge in [-0.3, -0.25) is 4.68 Å². The molecule has 0 bridgehead atoms. The van der Waals surface area contributed by atoms with Crippen molar-refractivity contribution in [3.63, 3.8) is 0 Å². The molecule has 2 heterocycles. The van der Waals surface area contributed by atoms with Gasteiger partial charge in [0.25, 0.3) is 0 Å². The Balaban J connectivity index is 1.59. The minimum atomic E-state index is 0.712. The van der Waals surface area contributed by atoms with Gasteiger partial charge in [-0.05, 0) is 11.6 Å². The van der Waals surface area contributed by atoms with E-state index in [2.05, 4.69) is 28.6 Å². The number of thiophene rings is 1. The zero-order valence-corrected chi connectivity index (χ0v) is 12.2. The maximum atomic E-state index is 8.80. The Labute approximate surface area is 127 Å². The lowest BCUT2D eigenvalue weighted by Gasteiger charge is -2.02. The lowest BCUT2D eigenvalue weighted by molar-refractivity contribution is 0.687. The van der Waals surface area contributed by atoms with Gasteiger partial charge in [0.15, 0.2) is 0 Å². The molecule has 0 spiro atoms. The van der Waals surface area contributed by atoms with Crippen molar-refractivity contribution in [2.24, 2.45) is 0 Å². The number of rotatable bonds is 5. The minimum absolute atomic E-state index is 0.712. The van der Waals surface area contributed by atoms with E-state index in [9.17, 15) is 0 Å². The molecule has 5 heteroatoms. The summed E-state index contributed by atoms with van der Waals surface area (Å²) < 4.78 is 1.91. The van der Waals surface area contributed by atoms with Crippen LogP contribution in [0.15, 0.2) is 54.2 Å². The third-order valence-corrected chi connectivity index (χ3v) is 4.01. The van der Waals surface area contributed by atoms with Gasteiger partial charge in [0.05, 0.1) is 24.0 Å². The zero-order valence-electron chi connectivity index (χ0n) is 11.4. The molecule has 0 aliphatic heterocycles. The monoisotopic (exact) mass is 294 g/mol. The number of aromatic nitrogens is 2. The van der Waals surface area contributed by atoms with Crippen LogP contribution in [0.5, 0.6) is 0 Å². The van der Waals surface area contributed by atoms with Gasteiger partial charge in [0.1, 0.15) is 6.07 Å². The summed E-state index contributed by atoms with van der Waals surface area (Å²) >= 11 is 1.59. The summed E-state index contributed by atoms with van der Waals surface area (Å²) in [6.07, 6.45) is 3.81. The second kappa shape index (κ2) is 6.25. The number of hydrogen-bond acceptors (Lipinski definition) is 4. The number of nitrogens with zero attached hydrogens (tertiary/aromatic N) is 3. The summed E-state index contributed by atoms with van der Waals surface area (Å²) in [6.45, 7) is 1.48. The van der Waals surface area contributed by atoms with Crippen LogP contribution in [-0.4, -0.2) is 9.78 Å². The highest BCUT2D eigenvalue weighted by atomic mass is 32.1. The molecule has 1 aromatic carbocycles. The summed E-state index contributed by atoms with van der Waals surface area (Å²) in [4.78, 5) is 1.14. The standard InChI is InChI=1S/C16H14N4S/c17-7-14-6-16(21-12-14)9-18-15-8-19-20(11-15)10-13-4-2-1-3-5-13/h1-6,8,11-12,18H,9-10H2. The normalized spacial score (nSPS) is 10.2. The molecule has 21 heavy (non-hydrogen) atoms. The van der Waals surface area contributed by atoms with Crippen molar-refractivity contribution in [1.29, 1.82) is 5.26 Å². The topological polar surface area (TPSA) is 53.6 Å². The van der Waals surface area contributed by atoms with Crippen molar-refractivity contribution in [2.45, 2.75) is 13.1 Å². The third-order valence-electron chi connectivity index (χ3n) is 3.07. The zero-order chi connectivity index (χ0) is 14.5. The molecule has 0 unspecified atom stereocenters. The van der Waals surface area contributed by atoms with Crippen LogP contribution in [0.1, 0.15) is 16.0 Å². The molecule has 0 atom stereocenters. The van der Waals surface area contributed by atoms with Crippen molar-refractivity contribution in [1.82, 2.24) is 9.78 Å². The fraction of sp³-hybridized carbons (Fsp3) is 0.125. The molecule has 0 amide bonds. The first-order valence-corrected chi connectivity index (χ1v) is 7.49. The van der Waals surface area contributed by atoms with Crippen molar-refractivity contribution >= 4 is 17.0 Å². The van der Waals surface area contributed by atoms with Crippen LogP contribution < -0.4 is 5.32 Å². The highest BCUT2D eigenvalue weighted by Crippen LogP contribution is 2.16. The van der Waals surface area contributed by atoms with Gasteiger partial charge in [-0.15, -0.1) is 11.3 Å². The molecule has 0 aliphatic carbocycles. The lowest BCUT2D eigenvalue weighted by Crippen LogP contribution is -2.00. The summed E-state index contributed by atoms with van der Waals surface area (Å²) in [7, 11) is 0. The predicted octanol–water partition coefficient (Wildman–Crippen LogP) is 3.48. The van der Waals surface area contributed by atoms with Gasteiger partial charge in [0, 0.05) is 23.0 Å². The maximum Gasteiger partial charge on any atom is 0.100 e. The fourth-order valence-electron chi connectivity index (χ4n) is 2.03. The van der Waals surface area contributed by atoms with E-state index in [1.54, 1.807) is 11.3 Å². The van der Waals surface area contributed by atoms with Gasteiger partial charge < -0.3 is 5.32 Å². The van der Waals surface area contributed by atoms with E-state index in [-0.39, 0.29) is 0 Å². The Morgan fingerprint density at radius 1 is 1.29 bits per heavy atom. The number of nitriles is 1. The second-order valence-electron chi connectivity index (χ2n) is 4.68. The summed E-state index contributed by atoms with van der Waals surface area (Å²) in [5.41, 5.74) is 2.93. The van der Waals surface area contributed by atoms with E-state index < -0.39 is 0 Å². The average Bonchev–Trinajstić information content (AvgIpc) is 3.15. The quantitative estimate of drug-likeness (QED) is 0.784. The predicted molar refractivity (Wildman–Crippen MR) is 84.1 cm³/mol. The summed E-state index contributed by atoms with van der Waals surface area (Å²) in [6, 6.07) is 14.3. The van der Waals surface area contributed by atoms with Crippen LogP contribution >= 0.6 is 11.3 Å². The summed E-state index contributed by atoms with van der Waals surface area (Å²) in [5.74, 6) is 0. The Kier molecular flexibility index (Phi) is 3.99. The molecule has 0 fully saturated rings. The summed E-state index contributed by atoms with van der Waals surface area (Å²) in [5, 5.41) is 18.3. The van der Waals surface area contributed by atoms with Crippen molar-refractivity contribution in [3.05, 3.63) is 70.2 Å². The number of nitrogens with one attached hydrogen (secondary N) is 1. The van der Waals surface area contributed by atoms with E-state index in [1.165, 1.54) is 5.56 Å². The van der Waals surface area contributed by atoms with Gasteiger partial charge >= 0.3 is 0 Å². The van der Waals surface area contributed by atoms with Crippen molar-refractivity contribution in [2.75, 3.05) is 5.32 Å². The molecule has 4 nitrogen and oxygen atoms in total. The number of hydrogen-bond donors (Lipinski definition) is 1. The molecular formula is C16H14N4S. The van der Waals surface area contributed by atoms with E-state index >= 15 is 0 Å². The highest BCUT2D eigenvalue weighted by Gasteiger charge is 2.02. The van der Waals surface area contributed by atoms with Crippen LogP contribution in [-0.2, 0) is 13.1 Å². The van der Waals surface area contributed by atoms with E-state index in [1.807, 2.05) is 46.7 Å². The van der Waals surface area contributed by atoms with Crippen LogP contribution in [0.2, 0.25) is 0 Å². The van der Waals surface area contributed by atoms with Crippen molar-refractivity contribution in [3.8, 4) is 6.07 Å². The van der Waals surface area contributed by atoms with Crippen LogP contribution in [0.3, 0.4) is 0 Å². The molecule has 0 saturated carbocycles. The van der Waals surface area contributed by atoms with Crippen LogP contribution in [0.4, 0.5) is 5.69 Å². The first kappa shape index (κ1) is 13.4. The number of anilines is 1. The van der Waals surface area contributed by atoms with Gasteiger partial charge in [-0.1, -0.05) is 30.3 Å². The fourth-order valence-corrected chi connectivity index (χ4v) is 2.78. The SMILES string of the molecule is N#Cc1csc(CNc2cnn(Cc3ccccc3)c2)c1. The molecule has 104 valence electrons. The van der Waals surface area contributed by atoms with Gasteiger partial charge in [-0.25, -0.2) is 0 Å². The smallest absolute Gasteiger partial charge is 0.100 e. The molecule has 0 saturated heterocycles. The second-order valence-corrected chi connectivity index (χ2v) is 5.68. The van der Waals surface area contributed by atoms with Gasteiger partial charge in [-0.2, -0.15) is 10.4 Å². The molecule has 0 radical (unpaired) electrons. The minimum Gasteiger partial charge on any atom is -0.378 e. The number of benzene rings is 1. The van der Waals surface area contributed by atoms with E-state index in [0.717, 1.165) is 22.7 Å². The Hall–Kier alpha value is -2.58. The molecule has 3 rings (SSSR count). The van der Waals surface area contributed by atoms with E-state index in [4.69, 9.17) is 5.26 Å². The average molecular weight is 294 g/mol. The molecule has 2 aromatic heterocycles. The molecule has 1 N–H and O–H groups in total.